The van der Waals surface area contributed by atoms with Crippen LogP contribution < -0.4 is 20.1 Å². The van der Waals surface area contributed by atoms with Crippen LogP contribution in [-0.2, 0) is 11.3 Å². The van der Waals surface area contributed by atoms with E-state index in [4.69, 9.17) is 13.9 Å². The van der Waals surface area contributed by atoms with Crippen molar-refractivity contribution in [2.45, 2.75) is 19.0 Å². The molecule has 2 N–H and O–H groups in total. The fourth-order valence-corrected chi connectivity index (χ4v) is 2.98. The molecule has 1 aliphatic rings. The summed E-state index contributed by atoms with van der Waals surface area (Å²) in [4.78, 5) is 24.7. The Balaban J connectivity index is 1.58. The van der Waals surface area contributed by atoms with Crippen molar-refractivity contribution >= 4 is 23.6 Å². The number of ether oxygens (including phenoxy) is 2. The van der Waals surface area contributed by atoms with Gasteiger partial charge in [-0.1, -0.05) is 6.07 Å². The van der Waals surface area contributed by atoms with E-state index in [9.17, 15) is 9.59 Å². The van der Waals surface area contributed by atoms with E-state index >= 15 is 0 Å². The number of hydrogen-bond donors (Lipinski definition) is 2. The number of nitrogens with one attached hydrogen (secondary N) is 2. The fraction of sp³-hybridized carbons (Fsp3) is 0.333. The van der Waals surface area contributed by atoms with E-state index in [1.807, 2.05) is 24.5 Å². The minimum absolute atomic E-state index is 0.183. The molecule has 0 saturated carbocycles. The van der Waals surface area contributed by atoms with E-state index in [-0.39, 0.29) is 18.5 Å². The molecule has 3 rings (SSSR count). The number of hydrogen-bond acceptors (Lipinski definition) is 6. The molecule has 0 fully saturated rings. The summed E-state index contributed by atoms with van der Waals surface area (Å²) in [6, 6.07) is 8.08. The van der Waals surface area contributed by atoms with Crippen molar-refractivity contribution in [3.05, 3.63) is 47.9 Å². The number of rotatable bonds is 8. The molecular weight excluding hydrogens is 356 g/mol. The van der Waals surface area contributed by atoms with Crippen LogP contribution in [0.1, 0.15) is 22.5 Å². The molecule has 0 saturated heterocycles. The predicted molar refractivity (Wildman–Crippen MR) is 97.4 cm³/mol. The molecule has 1 aliphatic heterocycles. The zero-order chi connectivity index (χ0) is 18.4. The van der Waals surface area contributed by atoms with Gasteiger partial charge in [0.05, 0.1) is 6.26 Å². The van der Waals surface area contributed by atoms with Crippen LogP contribution in [0.25, 0.3) is 0 Å². The lowest BCUT2D eigenvalue weighted by atomic mass is 10.1. The van der Waals surface area contributed by atoms with Crippen LogP contribution in [0, 0.1) is 0 Å². The average molecular weight is 376 g/mol. The number of carbonyl (C=O) groups excluding carboxylic acids is 2. The van der Waals surface area contributed by atoms with Crippen molar-refractivity contribution < 1.29 is 23.5 Å². The number of fused-ring (bicyclic) bond motifs is 1. The average Bonchev–Trinajstić information content (AvgIpc) is 3.34. The van der Waals surface area contributed by atoms with Crippen LogP contribution in [0.15, 0.2) is 41.0 Å². The molecule has 2 heterocycles. The van der Waals surface area contributed by atoms with Crippen LogP contribution in [-0.4, -0.2) is 36.7 Å². The predicted octanol–water partition coefficient (Wildman–Crippen LogP) is 2.18. The molecular formula is C18H20N2O5S. The lowest BCUT2D eigenvalue weighted by Gasteiger charge is -2.17. The summed E-state index contributed by atoms with van der Waals surface area (Å²) < 4.78 is 15.7. The fourth-order valence-electron chi connectivity index (χ4n) is 2.50. The van der Waals surface area contributed by atoms with Crippen molar-refractivity contribution in [3.8, 4) is 11.5 Å². The Morgan fingerprint density at radius 3 is 2.85 bits per heavy atom. The Hall–Kier alpha value is -2.61. The summed E-state index contributed by atoms with van der Waals surface area (Å²) >= 11 is 1.61. The summed E-state index contributed by atoms with van der Waals surface area (Å²) in [5, 5.41) is 5.59. The van der Waals surface area contributed by atoms with Crippen LogP contribution in [0.2, 0.25) is 0 Å². The summed E-state index contributed by atoms with van der Waals surface area (Å²) in [5.74, 6) is 1.66. The van der Waals surface area contributed by atoms with Gasteiger partial charge in [0.2, 0.25) is 12.7 Å². The maximum atomic E-state index is 12.5. The second-order valence-corrected chi connectivity index (χ2v) is 6.68. The molecule has 0 spiro atoms. The Bertz CT molecular complexity index is 763. The van der Waals surface area contributed by atoms with Crippen molar-refractivity contribution in [2.75, 3.05) is 18.8 Å². The van der Waals surface area contributed by atoms with Crippen LogP contribution in [0.3, 0.4) is 0 Å². The third-order valence-electron chi connectivity index (χ3n) is 3.88. The third kappa shape index (κ3) is 4.51. The van der Waals surface area contributed by atoms with Gasteiger partial charge in [0.1, 0.15) is 6.04 Å². The van der Waals surface area contributed by atoms with Gasteiger partial charge in [-0.3, -0.25) is 9.59 Å². The van der Waals surface area contributed by atoms with Crippen LogP contribution >= 0.6 is 11.8 Å². The van der Waals surface area contributed by atoms with Crippen LogP contribution in [0.4, 0.5) is 0 Å². The SMILES string of the molecule is CSCC[C@@H](NC(=O)c1ccco1)C(=O)NCc1ccc2c(c1)OCO2. The van der Waals surface area contributed by atoms with Gasteiger partial charge in [-0.2, -0.15) is 11.8 Å². The van der Waals surface area contributed by atoms with Gasteiger partial charge >= 0.3 is 0 Å². The maximum Gasteiger partial charge on any atom is 0.287 e. The molecule has 8 heteroatoms. The van der Waals surface area contributed by atoms with E-state index in [2.05, 4.69) is 10.6 Å². The zero-order valence-corrected chi connectivity index (χ0v) is 15.1. The highest BCUT2D eigenvalue weighted by Crippen LogP contribution is 2.32. The first-order valence-corrected chi connectivity index (χ1v) is 9.56. The molecule has 26 heavy (non-hydrogen) atoms. The standard InChI is InChI=1S/C18H20N2O5S/c1-26-8-6-13(20-18(22)15-3-2-7-23-15)17(21)19-10-12-4-5-14-16(9-12)25-11-24-14/h2-5,7,9,13H,6,8,10-11H2,1H3,(H,19,21)(H,20,22)/t13-/m1/s1. The Labute approximate surface area is 155 Å². The number of carbonyl (C=O) groups is 2. The molecule has 1 atom stereocenters. The maximum absolute atomic E-state index is 12.5. The van der Waals surface area contributed by atoms with E-state index < -0.39 is 11.9 Å². The van der Waals surface area contributed by atoms with Crippen molar-refractivity contribution in [1.82, 2.24) is 10.6 Å². The number of thioether (sulfide) groups is 1. The molecule has 7 nitrogen and oxygen atoms in total. The number of amides is 2. The molecule has 2 amide bonds. The Morgan fingerprint density at radius 2 is 2.08 bits per heavy atom. The van der Waals surface area contributed by atoms with E-state index in [1.54, 1.807) is 23.9 Å². The molecule has 1 aromatic heterocycles. The quantitative estimate of drug-likeness (QED) is 0.734. The summed E-state index contributed by atoms with van der Waals surface area (Å²) in [6.07, 6.45) is 3.90. The normalized spacial score (nSPS) is 13.3. The van der Waals surface area contributed by atoms with Gasteiger partial charge in [-0.25, -0.2) is 0 Å². The summed E-state index contributed by atoms with van der Waals surface area (Å²) in [7, 11) is 0. The Kier molecular flexibility index (Phi) is 6.06. The first kappa shape index (κ1) is 18.2. The van der Waals surface area contributed by atoms with E-state index in [0.717, 1.165) is 11.3 Å². The van der Waals surface area contributed by atoms with Crippen LogP contribution in [0.5, 0.6) is 11.5 Å². The summed E-state index contributed by atoms with van der Waals surface area (Å²) in [5.41, 5.74) is 0.892. The first-order chi connectivity index (χ1) is 12.7. The van der Waals surface area contributed by atoms with Crippen molar-refractivity contribution in [1.29, 1.82) is 0 Å². The van der Waals surface area contributed by atoms with Gasteiger partial charge in [-0.15, -0.1) is 0 Å². The number of furan rings is 1. The van der Waals surface area contributed by atoms with Gasteiger partial charge in [0, 0.05) is 6.54 Å². The highest BCUT2D eigenvalue weighted by molar-refractivity contribution is 7.98. The lowest BCUT2D eigenvalue weighted by molar-refractivity contribution is -0.123. The number of benzene rings is 1. The molecule has 2 aromatic rings. The largest absolute Gasteiger partial charge is 0.459 e. The minimum atomic E-state index is -0.630. The molecule has 1 aromatic carbocycles. The molecule has 0 unspecified atom stereocenters. The van der Waals surface area contributed by atoms with E-state index in [0.29, 0.717) is 24.5 Å². The van der Waals surface area contributed by atoms with Gasteiger partial charge in [0.15, 0.2) is 17.3 Å². The molecule has 0 bridgehead atoms. The van der Waals surface area contributed by atoms with E-state index in [1.165, 1.54) is 6.26 Å². The lowest BCUT2D eigenvalue weighted by Crippen LogP contribution is -2.46. The molecule has 0 aliphatic carbocycles. The molecule has 138 valence electrons. The molecule has 0 radical (unpaired) electrons. The van der Waals surface area contributed by atoms with Gasteiger partial charge < -0.3 is 24.5 Å². The second-order valence-electron chi connectivity index (χ2n) is 5.69. The second kappa shape index (κ2) is 8.66. The Morgan fingerprint density at radius 1 is 1.23 bits per heavy atom. The van der Waals surface area contributed by atoms with Crippen molar-refractivity contribution in [2.24, 2.45) is 0 Å². The topological polar surface area (TPSA) is 89.8 Å². The first-order valence-electron chi connectivity index (χ1n) is 8.17. The van der Waals surface area contributed by atoms with Crippen molar-refractivity contribution in [3.63, 3.8) is 0 Å². The van der Waals surface area contributed by atoms with Gasteiger partial charge in [-0.05, 0) is 48.3 Å². The highest BCUT2D eigenvalue weighted by Gasteiger charge is 2.22. The summed E-state index contributed by atoms with van der Waals surface area (Å²) in [6.45, 7) is 0.544. The third-order valence-corrected chi connectivity index (χ3v) is 4.53. The highest BCUT2D eigenvalue weighted by atomic mass is 32.2. The smallest absolute Gasteiger partial charge is 0.287 e. The van der Waals surface area contributed by atoms with Gasteiger partial charge in [0.25, 0.3) is 5.91 Å². The monoisotopic (exact) mass is 376 g/mol. The minimum Gasteiger partial charge on any atom is -0.459 e. The zero-order valence-electron chi connectivity index (χ0n) is 14.3.